The van der Waals surface area contributed by atoms with Gasteiger partial charge in [0.1, 0.15) is 11.2 Å². The van der Waals surface area contributed by atoms with Gasteiger partial charge in [0, 0.05) is 27.5 Å². The Kier molecular flexibility index (Phi) is 6.52. The Labute approximate surface area is 304 Å². The highest BCUT2D eigenvalue weighted by atomic mass is 16.3. The normalized spacial score (nSPS) is 11.8. The van der Waals surface area contributed by atoms with Crippen LogP contribution in [0.25, 0.3) is 110 Å². The number of rotatable bonds is 4. The van der Waals surface area contributed by atoms with Gasteiger partial charge >= 0.3 is 0 Å². The summed E-state index contributed by atoms with van der Waals surface area (Å²) in [5, 5.41) is 11.5. The van der Waals surface area contributed by atoms with E-state index in [1.54, 1.807) is 0 Å². The first-order chi connectivity index (χ1) is 26.3. The van der Waals surface area contributed by atoms with E-state index in [1.165, 1.54) is 37.9 Å². The Balaban J connectivity index is 1.15. The van der Waals surface area contributed by atoms with Gasteiger partial charge in [-0.2, -0.15) is 0 Å². The second kappa shape index (κ2) is 11.7. The van der Waals surface area contributed by atoms with E-state index in [0.717, 1.165) is 55.0 Å². The number of hydrogen-bond acceptors (Lipinski definition) is 4. The van der Waals surface area contributed by atoms with E-state index in [4.69, 9.17) is 19.4 Å². The molecule has 0 saturated heterocycles. The van der Waals surface area contributed by atoms with E-state index in [-0.39, 0.29) is 0 Å². The summed E-state index contributed by atoms with van der Waals surface area (Å²) in [5.41, 5.74) is 6.69. The van der Waals surface area contributed by atoms with E-state index in [0.29, 0.717) is 17.5 Å². The zero-order valence-corrected chi connectivity index (χ0v) is 28.5. The molecule has 0 unspecified atom stereocenters. The van der Waals surface area contributed by atoms with Crippen LogP contribution < -0.4 is 0 Å². The molecule has 53 heavy (non-hydrogen) atoms. The van der Waals surface area contributed by atoms with E-state index < -0.39 is 0 Å². The third kappa shape index (κ3) is 4.73. The molecule has 0 bridgehead atoms. The third-order valence-corrected chi connectivity index (χ3v) is 10.5. The largest absolute Gasteiger partial charge is 0.456 e. The molecular weight excluding hydrogens is 647 g/mol. The predicted molar refractivity (Wildman–Crippen MR) is 219 cm³/mol. The van der Waals surface area contributed by atoms with Gasteiger partial charge in [0.2, 0.25) is 0 Å². The molecule has 4 heteroatoms. The summed E-state index contributed by atoms with van der Waals surface area (Å²) in [4.78, 5) is 15.6. The first-order valence-electron chi connectivity index (χ1n) is 17.9. The van der Waals surface area contributed by atoms with Crippen molar-refractivity contribution in [2.45, 2.75) is 0 Å². The first-order valence-corrected chi connectivity index (χ1v) is 17.9. The molecule has 0 aliphatic heterocycles. The SMILES string of the molecule is c1ccc(-c2nc(-c3cc4ccc5ccccc5c4c4ccccc34)nc(-c3cccc4oc5cc(-c6cccc7ccccc67)ccc5c34)n2)cc1. The van der Waals surface area contributed by atoms with Crippen LogP contribution >= 0.6 is 0 Å². The lowest BCUT2D eigenvalue weighted by molar-refractivity contribution is 0.669. The lowest BCUT2D eigenvalue weighted by Gasteiger charge is -2.14. The molecular formula is C49H29N3O. The molecule has 0 aliphatic carbocycles. The molecule has 0 spiro atoms. The van der Waals surface area contributed by atoms with E-state index in [1.807, 2.05) is 30.3 Å². The summed E-state index contributed by atoms with van der Waals surface area (Å²) in [5.74, 6) is 1.85. The summed E-state index contributed by atoms with van der Waals surface area (Å²) in [6, 6.07) is 61.6. The molecule has 2 heterocycles. The van der Waals surface area contributed by atoms with E-state index in [9.17, 15) is 0 Å². The highest BCUT2D eigenvalue weighted by molar-refractivity contribution is 6.23. The van der Waals surface area contributed by atoms with Crippen LogP contribution in [0.2, 0.25) is 0 Å². The van der Waals surface area contributed by atoms with E-state index in [2.05, 4.69) is 146 Å². The Hall–Kier alpha value is -7.17. The van der Waals surface area contributed by atoms with Gasteiger partial charge in [-0.15, -0.1) is 0 Å². The second-order valence-corrected chi connectivity index (χ2v) is 13.5. The minimum absolute atomic E-state index is 0.600. The lowest BCUT2D eigenvalue weighted by atomic mass is 9.93. The Bertz CT molecular complexity index is 3230. The van der Waals surface area contributed by atoms with Gasteiger partial charge in [-0.1, -0.05) is 152 Å². The van der Waals surface area contributed by atoms with Crippen molar-refractivity contribution in [3.05, 3.63) is 176 Å². The molecule has 0 saturated carbocycles. The lowest BCUT2D eigenvalue weighted by Crippen LogP contribution is -2.01. The zero-order valence-electron chi connectivity index (χ0n) is 28.5. The molecule has 4 nitrogen and oxygen atoms in total. The van der Waals surface area contributed by atoms with Crippen molar-refractivity contribution in [2.24, 2.45) is 0 Å². The first kappa shape index (κ1) is 29.5. The van der Waals surface area contributed by atoms with Gasteiger partial charge in [-0.25, -0.2) is 15.0 Å². The Morgan fingerprint density at radius 1 is 0.302 bits per heavy atom. The fourth-order valence-electron chi connectivity index (χ4n) is 8.05. The number of benzene rings is 9. The van der Waals surface area contributed by atoms with Crippen LogP contribution in [0.15, 0.2) is 180 Å². The summed E-state index contributed by atoms with van der Waals surface area (Å²) in [6.45, 7) is 0. The van der Waals surface area contributed by atoms with Gasteiger partial charge in [0.25, 0.3) is 0 Å². The second-order valence-electron chi connectivity index (χ2n) is 13.5. The van der Waals surface area contributed by atoms with Crippen molar-refractivity contribution >= 4 is 65.0 Å². The molecule has 246 valence electrons. The maximum Gasteiger partial charge on any atom is 0.164 e. The number of nitrogens with zero attached hydrogens (tertiary/aromatic N) is 3. The molecule has 0 aliphatic rings. The van der Waals surface area contributed by atoms with Gasteiger partial charge in [-0.05, 0) is 78.5 Å². The van der Waals surface area contributed by atoms with Gasteiger partial charge in [-0.3, -0.25) is 0 Å². The molecule has 0 radical (unpaired) electrons. The number of furan rings is 1. The van der Waals surface area contributed by atoms with Crippen molar-refractivity contribution in [1.82, 2.24) is 15.0 Å². The van der Waals surface area contributed by atoms with Crippen LogP contribution in [0.5, 0.6) is 0 Å². The molecule has 11 aromatic rings. The maximum absolute atomic E-state index is 6.59. The summed E-state index contributed by atoms with van der Waals surface area (Å²) < 4.78 is 6.59. The molecule has 0 atom stereocenters. The van der Waals surface area contributed by atoms with E-state index >= 15 is 0 Å². The zero-order chi connectivity index (χ0) is 34.9. The molecule has 0 N–H and O–H groups in total. The Morgan fingerprint density at radius 3 is 1.77 bits per heavy atom. The Morgan fingerprint density at radius 2 is 0.925 bits per heavy atom. The minimum atomic E-state index is 0.600. The van der Waals surface area contributed by atoms with Crippen molar-refractivity contribution in [3.63, 3.8) is 0 Å². The average molecular weight is 676 g/mol. The number of aromatic nitrogens is 3. The summed E-state index contributed by atoms with van der Waals surface area (Å²) in [7, 11) is 0. The fraction of sp³-hybridized carbons (Fsp3) is 0. The van der Waals surface area contributed by atoms with Crippen molar-refractivity contribution in [1.29, 1.82) is 0 Å². The quantitative estimate of drug-likeness (QED) is 0.174. The van der Waals surface area contributed by atoms with Crippen LogP contribution in [0, 0.1) is 0 Å². The highest BCUT2D eigenvalue weighted by Gasteiger charge is 2.20. The van der Waals surface area contributed by atoms with Gasteiger partial charge < -0.3 is 4.42 Å². The smallest absolute Gasteiger partial charge is 0.164 e. The van der Waals surface area contributed by atoms with Crippen LogP contribution in [0.4, 0.5) is 0 Å². The number of fused-ring (bicyclic) bond motifs is 9. The van der Waals surface area contributed by atoms with Crippen LogP contribution in [0.1, 0.15) is 0 Å². The van der Waals surface area contributed by atoms with Crippen LogP contribution in [-0.4, -0.2) is 15.0 Å². The highest BCUT2D eigenvalue weighted by Crippen LogP contribution is 2.41. The monoisotopic (exact) mass is 675 g/mol. The standard InChI is InChI=1S/C49H29N3O/c1-2-14-32(15-3-1)47-50-48(52-49(51-47)42-28-34-25-24-31-13-5-7-18-37(31)45(34)39-20-9-8-19-38(39)42)41-22-11-23-43-46(41)40-27-26-33(29-44(40)53-43)36-21-10-16-30-12-4-6-17-35(30)36/h1-29H. The minimum Gasteiger partial charge on any atom is -0.456 e. The van der Waals surface area contributed by atoms with Crippen LogP contribution in [-0.2, 0) is 0 Å². The summed E-state index contributed by atoms with van der Waals surface area (Å²) in [6.07, 6.45) is 0. The molecule has 0 fully saturated rings. The predicted octanol–water partition coefficient (Wildman–Crippen LogP) is 13.1. The van der Waals surface area contributed by atoms with Gasteiger partial charge in [0.05, 0.1) is 0 Å². The van der Waals surface area contributed by atoms with Gasteiger partial charge in [0.15, 0.2) is 17.5 Å². The molecule has 11 rings (SSSR count). The topological polar surface area (TPSA) is 51.8 Å². The van der Waals surface area contributed by atoms with Crippen LogP contribution in [0.3, 0.4) is 0 Å². The molecule has 9 aromatic carbocycles. The van der Waals surface area contributed by atoms with Crippen molar-refractivity contribution in [2.75, 3.05) is 0 Å². The fourth-order valence-corrected chi connectivity index (χ4v) is 8.05. The molecule has 2 aromatic heterocycles. The van der Waals surface area contributed by atoms with Crippen molar-refractivity contribution < 1.29 is 4.42 Å². The third-order valence-electron chi connectivity index (χ3n) is 10.5. The average Bonchev–Trinajstić information content (AvgIpc) is 3.61. The summed E-state index contributed by atoms with van der Waals surface area (Å²) >= 11 is 0. The van der Waals surface area contributed by atoms with Crippen molar-refractivity contribution in [3.8, 4) is 45.3 Å². The molecule has 0 amide bonds. The number of hydrogen-bond donors (Lipinski definition) is 0. The maximum atomic E-state index is 6.59.